The van der Waals surface area contributed by atoms with E-state index < -0.39 is 6.10 Å². The van der Waals surface area contributed by atoms with Gasteiger partial charge in [0.2, 0.25) is 0 Å². The Morgan fingerprint density at radius 1 is 1.21 bits per heavy atom. The molecule has 2 N–H and O–H groups in total. The Morgan fingerprint density at radius 2 is 2.07 bits per heavy atom. The van der Waals surface area contributed by atoms with Gasteiger partial charge in [0.05, 0.1) is 11.6 Å². The summed E-state index contributed by atoms with van der Waals surface area (Å²) in [5, 5.41) is 14.8. The van der Waals surface area contributed by atoms with Crippen molar-refractivity contribution in [3.63, 3.8) is 0 Å². The SMILES string of the molecule is N#Cc1ccccc1CSCCNC(=O)c1cccc(NC(=O)C2CCCO2)c1. The van der Waals surface area contributed by atoms with Crippen LogP contribution in [0.25, 0.3) is 0 Å². The van der Waals surface area contributed by atoms with Crippen molar-refractivity contribution in [2.24, 2.45) is 0 Å². The highest BCUT2D eigenvalue weighted by molar-refractivity contribution is 7.98. The first-order valence-corrected chi connectivity index (χ1v) is 10.7. The molecule has 0 aliphatic carbocycles. The van der Waals surface area contributed by atoms with Gasteiger partial charge in [-0.15, -0.1) is 0 Å². The summed E-state index contributed by atoms with van der Waals surface area (Å²) in [7, 11) is 0. The molecular weight excluding hydrogens is 386 g/mol. The van der Waals surface area contributed by atoms with E-state index in [1.807, 2.05) is 24.3 Å². The number of ether oxygens (including phenoxy) is 1. The third-order valence-electron chi connectivity index (χ3n) is 4.54. The highest BCUT2D eigenvalue weighted by Crippen LogP contribution is 2.17. The number of thioether (sulfide) groups is 1. The quantitative estimate of drug-likeness (QED) is 0.653. The maximum atomic E-state index is 12.4. The van der Waals surface area contributed by atoms with E-state index in [-0.39, 0.29) is 11.8 Å². The zero-order valence-corrected chi connectivity index (χ0v) is 16.8. The number of amides is 2. The zero-order chi connectivity index (χ0) is 20.5. The molecule has 150 valence electrons. The summed E-state index contributed by atoms with van der Waals surface area (Å²) in [4.78, 5) is 24.5. The molecule has 0 bridgehead atoms. The molecule has 1 aliphatic rings. The first-order chi connectivity index (χ1) is 14.2. The van der Waals surface area contributed by atoms with E-state index in [4.69, 9.17) is 10.00 Å². The van der Waals surface area contributed by atoms with Crippen molar-refractivity contribution in [3.05, 3.63) is 65.2 Å². The zero-order valence-electron chi connectivity index (χ0n) is 16.0. The summed E-state index contributed by atoms with van der Waals surface area (Å²) in [6, 6.07) is 16.6. The van der Waals surface area contributed by atoms with Crippen molar-refractivity contribution >= 4 is 29.3 Å². The van der Waals surface area contributed by atoms with Crippen LogP contribution in [0.3, 0.4) is 0 Å². The second-order valence-electron chi connectivity index (χ2n) is 6.65. The normalized spacial score (nSPS) is 15.5. The average Bonchev–Trinajstić information content (AvgIpc) is 3.29. The Bertz CT molecular complexity index is 904. The lowest BCUT2D eigenvalue weighted by molar-refractivity contribution is -0.124. The molecule has 1 unspecified atom stereocenters. The van der Waals surface area contributed by atoms with E-state index in [0.717, 1.165) is 29.9 Å². The number of carbonyl (C=O) groups excluding carboxylic acids is 2. The molecule has 1 aliphatic heterocycles. The Morgan fingerprint density at radius 3 is 2.86 bits per heavy atom. The van der Waals surface area contributed by atoms with Crippen LogP contribution in [0.15, 0.2) is 48.5 Å². The first-order valence-electron chi connectivity index (χ1n) is 9.54. The van der Waals surface area contributed by atoms with Crippen molar-refractivity contribution in [2.45, 2.75) is 24.7 Å². The van der Waals surface area contributed by atoms with Gasteiger partial charge in [0.15, 0.2) is 0 Å². The lowest BCUT2D eigenvalue weighted by Gasteiger charge is -2.11. The number of hydrogen-bond acceptors (Lipinski definition) is 5. The highest BCUT2D eigenvalue weighted by atomic mass is 32.2. The number of nitriles is 1. The second kappa shape index (κ2) is 10.6. The molecule has 3 rings (SSSR count). The second-order valence-corrected chi connectivity index (χ2v) is 7.75. The molecule has 6 nitrogen and oxygen atoms in total. The molecular formula is C22H23N3O3S. The van der Waals surface area contributed by atoms with Gasteiger partial charge in [-0.2, -0.15) is 17.0 Å². The van der Waals surface area contributed by atoms with E-state index in [0.29, 0.717) is 30.0 Å². The van der Waals surface area contributed by atoms with Crippen LogP contribution in [0.2, 0.25) is 0 Å². The van der Waals surface area contributed by atoms with Crippen molar-refractivity contribution in [1.29, 1.82) is 5.26 Å². The van der Waals surface area contributed by atoms with Gasteiger partial charge in [-0.25, -0.2) is 0 Å². The lowest BCUT2D eigenvalue weighted by atomic mass is 10.1. The third kappa shape index (κ3) is 6.08. The molecule has 2 amide bonds. The smallest absolute Gasteiger partial charge is 0.253 e. The molecule has 1 atom stereocenters. The van der Waals surface area contributed by atoms with Gasteiger partial charge >= 0.3 is 0 Å². The summed E-state index contributed by atoms with van der Waals surface area (Å²) >= 11 is 1.66. The largest absolute Gasteiger partial charge is 0.368 e. The lowest BCUT2D eigenvalue weighted by Crippen LogP contribution is -2.28. The summed E-state index contributed by atoms with van der Waals surface area (Å²) in [6.07, 6.45) is 1.21. The van der Waals surface area contributed by atoms with Gasteiger partial charge in [-0.1, -0.05) is 24.3 Å². The Kier molecular flexibility index (Phi) is 7.68. The van der Waals surface area contributed by atoms with Crippen LogP contribution in [0.1, 0.15) is 34.3 Å². The number of rotatable bonds is 8. The van der Waals surface area contributed by atoms with Gasteiger partial charge in [-0.05, 0) is 42.7 Å². The minimum absolute atomic E-state index is 0.172. The van der Waals surface area contributed by atoms with E-state index in [1.165, 1.54) is 0 Å². The van der Waals surface area contributed by atoms with E-state index in [1.54, 1.807) is 36.0 Å². The van der Waals surface area contributed by atoms with Gasteiger partial charge < -0.3 is 15.4 Å². The molecule has 1 fully saturated rings. The van der Waals surface area contributed by atoms with Crippen LogP contribution < -0.4 is 10.6 Å². The molecule has 7 heteroatoms. The summed E-state index contributed by atoms with van der Waals surface area (Å²) in [6.45, 7) is 1.13. The topological polar surface area (TPSA) is 91.2 Å². The van der Waals surface area contributed by atoms with Gasteiger partial charge in [0.1, 0.15) is 6.10 Å². The standard InChI is InChI=1S/C22H23N3O3S/c23-14-17-5-1-2-6-18(17)15-29-12-10-24-21(26)16-7-3-8-19(13-16)25-22(27)20-9-4-11-28-20/h1-3,5-8,13,20H,4,9-12,15H2,(H,24,26)(H,25,27). The van der Waals surface area contributed by atoms with Crippen molar-refractivity contribution in [3.8, 4) is 6.07 Å². The maximum Gasteiger partial charge on any atom is 0.253 e. The molecule has 2 aromatic rings. The molecule has 0 spiro atoms. The number of nitrogens with zero attached hydrogens (tertiary/aromatic N) is 1. The molecule has 1 heterocycles. The Labute approximate surface area is 174 Å². The van der Waals surface area contributed by atoms with Crippen LogP contribution in [-0.4, -0.2) is 36.8 Å². The number of benzene rings is 2. The predicted octanol–water partition coefficient (Wildman–Crippen LogP) is 3.34. The van der Waals surface area contributed by atoms with Crippen LogP contribution in [-0.2, 0) is 15.3 Å². The summed E-state index contributed by atoms with van der Waals surface area (Å²) in [5.74, 6) is 1.11. The fraction of sp³-hybridized carbons (Fsp3) is 0.318. The fourth-order valence-electron chi connectivity index (χ4n) is 3.02. The van der Waals surface area contributed by atoms with E-state index >= 15 is 0 Å². The highest BCUT2D eigenvalue weighted by Gasteiger charge is 2.23. The molecule has 2 aromatic carbocycles. The molecule has 29 heavy (non-hydrogen) atoms. The van der Waals surface area contributed by atoms with Gasteiger partial charge in [-0.3, -0.25) is 9.59 Å². The predicted molar refractivity (Wildman–Crippen MR) is 114 cm³/mol. The van der Waals surface area contributed by atoms with E-state index in [2.05, 4.69) is 16.7 Å². The number of hydrogen-bond donors (Lipinski definition) is 2. The summed E-state index contributed by atoms with van der Waals surface area (Å²) in [5.41, 5.74) is 2.77. The van der Waals surface area contributed by atoms with Crippen molar-refractivity contribution in [2.75, 3.05) is 24.2 Å². The molecule has 1 saturated heterocycles. The Balaban J connectivity index is 1.43. The van der Waals surface area contributed by atoms with E-state index in [9.17, 15) is 9.59 Å². The van der Waals surface area contributed by atoms with Crippen LogP contribution in [0.4, 0.5) is 5.69 Å². The number of anilines is 1. The van der Waals surface area contributed by atoms with Crippen molar-refractivity contribution in [1.82, 2.24) is 5.32 Å². The Hall–Kier alpha value is -2.82. The van der Waals surface area contributed by atoms with Crippen molar-refractivity contribution < 1.29 is 14.3 Å². The minimum atomic E-state index is -0.407. The number of carbonyl (C=O) groups is 2. The first kappa shape index (κ1) is 20.9. The average molecular weight is 410 g/mol. The summed E-state index contributed by atoms with van der Waals surface area (Å²) < 4.78 is 5.38. The molecule has 0 aromatic heterocycles. The van der Waals surface area contributed by atoms with Crippen LogP contribution in [0, 0.1) is 11.3 Å². The number of nitrogens with one attached hydrogen (secondary N) is 2. The maximum absolute atomic E-state index is 12.4. The molecule has 0 radical (unpaired) electrons. The fourth-order valence-corrected chi connectivity index (χ4v) is 3.88. The van der Waals surface area contributed by atoms with Crippen LogP contribution in [0.5, 0.6) is 0 Å². The van der Waals surface area contributed by atoms with Gasteiger partial charge in [0, 0.05) is 35.9 Å². The third-order valence-corrected chi connectivity index (χ3v) is 5.55. The minimum Gasteiger partial charge on any atom is -0.368 e. The van der Waals surface area contributed by atoms with Gasteiger partial charge in [0.25, 0.3) is 11.8 Å². The molecule has 0 saturated carbocycles. The monoisotopic (exact) mass is 409 g/mol. The van der Waals surface area contributed by atoms with Crippen LogP contribution >= 0.6 is 11.8 Å².